The predicted octanol–water partition coefficient (Wildman–Crippen LogP) is 3.45. The Morgan fingerprint density at radius 1 is 1.44 bits per heavy atom. The van der Waals surface area contributed by atoms with Crippen molar-refractivity contribution >= 4 is 27.5 Å². The van der Waals surface area contributed by atoms with Crippen LogP contribution >= 0.6 is 27.5 Å². The summed E-state index contributed by atoms with van der Waals surface area (Å²) in [6, 6.07) is 7.90. The Hall–Kier alpha value is -0.840. The molecule has 2 aromatic rings. The topological polar surface area (TPSA) is 29.9 Å². The van der Waals surface area contributed by atoms with Crippen LogP contribution in [0.4, 0.5) is 0 Å². The molecule has 0 saturated carbocycles. The zero-order chi connectivity index (χ0) is 13.3. The third-order valence-corrected chi connectivity index (χ3v) is 3.93. The van der Waals surface area contributed by atoms with Crippen LogP contribution < -0.4 is 5.32 Å². The summed E-state index contributed by atoms with van der Waals surface area (Å²) in [7, 11) is 3.86. The van der Waals surface area contributed by atoms with E-state index in [1.54, 1.807) is 0 Å². The summed E-state index contributed by atoms with van der Waals surface area (Å²) < 4.78 is 2.87. The van der Waals surface area contributed by atoms with Gasteiger partial charge in [0.05, 0.1) is 17.4 Å². The number of nitrogens with one attached hydrogen (secondary N) is 1. The molecule has 1 aromatic heterocycles. The molecule has 0 aliphatic heterocycles. The van der Waals surface area contributed by atoms with Gasteiger partial charge in [-0.3, -0.25) is 4.68 Å². The highest BCUT2D eigenvalue weighted by atomic mass is 79.9. The monoisotopic (exact) mass is 327 g/mol. The zero-order valence-corrected chi connectivity index (χ0v) is 12.9. The third-order valence-electron chi connectivity index (χ3n) is 2.91. The molecule has 0 fully saturated rings. The number of aryl methyl sites for hydroxylation is 2. The van der Waals surface area contributed by atoms with Gasteiger partial charge in [0, 0.05) is 22.1 Å². The van der Waals surface area contributed by atoms with Crippen LogP contribution in [0.5, 0.6) is 0 Å². The van der Waals surface area contributed by atoms with Crippen LogP contribution in [-0.4, -0.2) is 16.8 Å². The van der Waals surface area contributed by atoms with E-state index in [4.69, 9.17) is 11.6 Å². The molecule has 96 valence electrons. The third kappa shape index (κ3) is 2.46. The Morgan fingerprint density at radius 3 is 2.67 bits per heavy atom. The quantitative estimate of drug-likeness (QED) is 0.935. The van der Waals surface area contributed by atoms with E-state index >= 15 is 0 Å². The van der Waals surface area contributed by atoms with E-state index < -0.39 is 0 Å². The number of hydrogen-bond donors (Lipinski definition) is 1. The molecule has 0 aliphatic carbocycles. The Kier molecular flexibility index (Phi) is 4.10. The first-order valence-corrected chi connectivity index (χ1v) is 6.83. The molecule has 2 rings (SSSR count). The maximum atomic E-state index is 6.31. The molecule has 0 radical (unpaired) electrons. The lowest BCUT2D eigenvalue weighted by Gasteiger charge is -2.19. The molecule has 18 heavy (non-hydrogen) atoms. The number of hydrogen-bond acceptors (Lipinski definition) is 2. The first kappa shape index (κ1) is 13.6. The van der Waals surface area contributed by atoms with Crippen molar-refractivity contribution in [2.75, 3.05) is 7.05 Å². The van der Waals surface area contributed by atoms with Crippen LogP contribution in [0.2, 0.25) is 5.02 Å². The van der Waals surface area contributed by atoms with Crippen molar-refractivity contribution in [3.63, 3.8) is 0 Å². The number of aromatic nitrogens is 2. The van der Waals surface area contributed by atoms with Crippen molar-refractivity contribution in [1.82, 2.24) is 15.1 Å². The first-order valence-electron chi connectivity index (χ1n) is 5.66. The standard InChI is InChI=1S/C13H15BrClN3/c1-8-7-11(18(3)17-8)13(16-2)12-9(14)5-4-6-10(12)15/h4-7,13,16H,1-3H3. The van der Waals surface area contributed by atoms with Crippen molar-refractivity contribution in [3.05, 3.63) is 50.7 Å². The molecule has 5 heteroatoms. The molecule has 1 atom stereocenters. The van der Waals surface area contributed by atoms with Gasteiger partial charge < -0.3 is 5.32 Å². The lowest BCUT2D eigenvalue weighted by Crippen LogP contribution is -2.21. The smallest absolute Gasteiger partial charge is 0.0771 e. The van der Waals surface area contributed by atoms with Gasteiger partial charge in [-0.2, -0.15) is 5.10 Å². The Bertz CT molecular complexity index is 545. The normalized spacial score (nSPS) is 12.7. The predicted molar refractivity (Wildman–Crippen MR) is 78.0 cm³/mol. The molecule has 0 spiro atoms. The van der Waals surface area contributed by atoms with Crippen LogP contribution in [0, 0.1) is 6.92 Å². The molecule has 1 heterocycles. The summed E-state index contributed by atoms with van der Waals surface area (Å²) in [5.41, 5.74) is 3.12. The molecule has 0 aliphatic rings. The maximum Gasteiger partial charge on any atom is 0.0771 e. The van der Waals surface area contributed by atoms with Gasteiger partial charge in [0.2, 0.25) is 0 Å². The van der Waals surface area contributed by atoms with Crippen molar-refractivity contribution in [3.8, 4) is 0 Å². The van der Waals surface area contributed by atoms with E-state index in [0.717, 1.165) is 26.4 Å². The minimum absolute atomic E-state index is 0.0132. The summed E-state index contributed by atoms with van der Waals surface area (Å²) in [5, 5.41) is 8.42. The lowest BCUT2D eigenvalue weighted by atomic mass is 10.0. The molecule has 1 unspecified atom stereocenters. The van der Waals surface area contributed by atoms with Crippen molar-refractivity contribution in [2.24, 2.45) is 7.05 Å². The summed E-state index contributed by atoms with van der Waals surface area (Å²) >= 11 is 9.88. The summed E-state index contributed by atoms with van der Waals surface area (Å²) in [6.45, 7) is 1.98. The van der Waals surface area contributed by atoms with Crippen LogP contribution in [0.3, 0.4) is 0 Å². The van der Waals surface area contributed by atoms with E-state index in [2.05, 4.69) is 32.4 Å². The molecular weight excluding hydrogens is 314 g/mol. The van der Waals surface area contributed by atoms with E-state index in [9.17, 15) is 0 Å². The Labute approximate surface area is 120 Å². The minimum atomic E-state index is 0.0132. The molecule has 1 aromatic carbocycles. The molecule has 0 bridgehead atoms. The second-order valence-corrected chi connectivity index (χ2v) is 5.45. The fourth-order valence-electron chi connectivity index (χ4n) is 2.13. The fraction of sp³-hybridized carbons (Fsp3) is 0.308. The zero-order valence-electron chi connectivity index (χ0n) is 10.5. The average Bonchev–Trinajstić information content (AvgIpc) is 2.63. The largest absolute Gasteiger partial charge is 0.308 e. The number of nitrogens with zero attached hydrogens (tertiary/aromatic N) is 2. The molecule has 1 N–H and O–H groups in total. The minimum Gasteiger partial charge on any atom is -0.308 e. The second kappa shape index (κ2) is 5.43. The first-order chi connectivity index (χ1) is 8.54. The Balaban J connectivity index is 2.55. The van der Waals surface area contributed by atoms with Gasteiger partial charge in [-0.05, 0) is 32.2 Å². The van der Waals surface area contributed by atoms with Crippen LogP contribution in [0.1, 0.15) is 23.0 Å². The maximum absolute atomic E-state index is 6.31. The van der Waals surface area contributed by atoms with Gasteiger partial charge >= 0.3 is 0 Å². The highest BCUT2D eigenvalue weighted by Crippen LogP contribution is 2.34. The van der Waals surface area contributed by atoms with Gasteiger partial charge in [0.15, 0.2) is 0 Å². The van der Waals surface area contributed by atoms with E-state index in [1.807, 2.05) is 43.9 Å². The molecule has 0 saturated heterocycles. The van der Waals surface area contributed by atoms with E-state index in [-0.39, 0.29) is 6.04 Å². The SMILES string of the molecule is CNC(c1c(Cl)cccc1Br)c1cc(C)nn1C. The average molecular weight is 329 g/mol. The van der Waals surface area contributed by atoms with Gasteiger partial charge in [0.25, 0.3) is 0 Å². The van der Waals surface area contributed by atoms with Crippen LogP contribution in [0.25, 0.3) is 0 Å². The van der Waals surface area contributed by atoms with E-state index in [0.29, 0.717) is 0 Å². The second-order valence-electron chi connectivity index (χ2n) is 4.19. The van der Waals surface area contributed by atoms with Gasteiger partial charge in [0.1, 0.15) is 0 Å². The number of rotatable bonds is 3. The van der Waals surface area contributed by atoms with Gasteiger partial charge in [-0.15, -0.1) is 0 Å². The van der Waals surface area contributed by atoms with E-state index in [1.165, 1.54) is 0 Å². The number of halogens is 2. The van der Waals surface area contributed by atoms with Gasteiger partial charge in [-0.25, -0.2) is 0 Å². The number of benzene rings is 1. The molecule has 0 amide bonds. The highest BCUT2D eigenvalue weighted by molar-refractivity contribution is 9.10. The summed E-state index contributed by atoms with van der Waals surface area (Å²) in [4.78, 5) is 0. The van der Waals surface area contributed by atoms with Crippen LogP contribution in [-0.2, 0) is 7.05 Å². The van der Waals surface area contributed by atoms with Gasteiger partial charge in [-0.1, -0.05) is 33.6 Å². The van der Waals surface area contributed by atoms with Crippen LogP contribution in [0.15, 0.2) is 28.7 Å². The summed E-state index contributed by atoms with van der Waals surface area (Å²) in [5.74, 6) is 0. The highest BCUT2D eigenvalue weighted by Gasteiger charge is 2.21. The molecule has 3 nitrogen and oxygen atoms in total. The summed E-state index contributed by atoms with van der Waals surface area (Å²) in [6.07, 6.45) is 0. The Morgan fingerprint density at radius 2 is 2.17 bits per heavy atom. The lowest BCUT2D eigenvalue weighted by molar-refractivity contribution is 0.603. The fourth-order valence-corrected chi connectivity index (χ4v) is 3.12. The molecular formula is C13H15BrClN3. The van der Waals surface area contributed by atoms with Crippen molar-refractivity contribution < 1.29 is 0 Å². The van der Waals surface area contributed by atoms with Crippen molar-refractivity contribution in [1.29, 1.82) is 0 Å². The van der Waals surface area contributed by atoms with Crippen molar-refractivity contribution in [2.45, 2.75) is 13.0 Å².